The van der Waals surface area contributed by atoms with Crippen molar-refractivity contribution < 1.29 is 9.53 Å². The number of rotatable bonds is 10. The molecule has 1 saturated heterocycles. The summed E-state index contributed by atoms with van der Waals surface area (Å²) in [6, 6.07) is 8.54. The lowest BCUT2D eigenvalue weighted by molar-refractivity contribution is -0.117. The zero-order chi connectivity index (χ0) is 30.2. The highest BCUT2D eigenvalue weighted by Gasteiger charge is 2.27. The van der Waals surface area contributed by atoms with Gasteiger partial charge in [0.05, 0.1) is 23.4 Å². The van der Waals surface area contributed by atoms with Crippen molar-refractivity contribution in [1.82, 2.24) is 44.6 Å². The molecule has 1 aliphatic carbocycles. The summed E-state index contributed by atoms with van der Waals surface area (Å²) in [6.07, 6.45) is 8.13. The Balaban J connectivity index is 1.00. The van der Waals surface area contributed by atoms with Crippen molar-refractivity contribution in [2.24, 2.45) is 7.05 Å². The standard InChI is InChI=1S/C30H34N12O2/c1-17-12-32-28(37-24-11-18(2)41(3)40-24)38-26(17)22-13-31-27-21(22)5-4-6-23(27)36-25(43)15-42-10-9-20(14-42)44-30-34-16-33-29(39-30)35-19-7-8-19/h4-6,11-13,16,19-20,31H,7-10,14-15H2,1-3H3,(H,36,43)(H,32,37,38,40)(H,33,34,35,39)/t20-/m0/s1. The van der Waals surface area contributed by atoms with Gasteiger partial charge in [-0.25, -0.2) is 15.0 Å². The highest BCUT2D eigenvalue weighted by atomic mass is 16.5. The van der Waals surface area contributed by atoms with Crippen molar-refractivity contribution in [3.8, 4) is 17.3 Å². The first-order valence-electron chi connectivity index (χ1n) is 14.7. The Morgan fingerprint density at radius 3 is 2.82 bits per heavy atom. The van der Waals surface area contributed by atoms with E-state index in [0.29, 0.717) is 42.0 Å². The monoisotopic (exact) mass is 594 g/mol. The molecule has 14 nitrogen and oxygen atoms in total. The van der Waals surface area contributed by atoms with Crippen LogP contribution >= 0.6 is 0 Å². The maximum absolute atomic E-state index is 13.1. The van der Waals surface area contributed by atoms with E-state index < -0.39 is 0 Å². The number of benzene rings is 1. The SMILES string of the molecule is Cc1cnc(Nc2cc(C)n(C)n2)nc1-c1c[nH]c2c(NC(=O)CN3CC[C@H](Oc4ncnc(NC5CC5)n4)C3)cccc12. The number of aryl methyl sites for hydroxylation is 3. The topological polar surface area (TPSA) is 164 Å². The van der Waals surface area contributed by atoms with E-state index in [1.807, 2.05) is 51.4 Å². The molecule has 4 N–H and O–H groups in total. The Morgan fingerprint density at radius 2 is 2.00 bits per heavy atom. The van der Waals surface area contributed by atoms with Crippen molar-refractivity contribution in [2.45, 2.75) is 45.3 Å². The van der Waals surface area contributed by atoms with Crippen LogP contribution in [0.2, 0.25) is 0 Å². The van der Waals surface area contributed by atoms with Gasteiger partial charge < -0.3 is 25.7 Å². The number of aromatic nitrogens is 8. The lowest BCUT2D eigenvalue weighted by atomic mass is 10.1. The normalized spacial score (nSPS) is 16.8. The van der Waals surface area contributed by atoms with Crippen molar-refractivity contribution in [3.05, 3.63) is 54.2 Å². The van der Waals surface area contributed by atoms with E-state index in [1.165, 1.54) is 6.33 Å². The summed E-state index contributed by atoms with van der Waals surface area (Å²) in [4.78, 5) is 40.5. The smallest absolute Gasteiger partial charge is 0.321 e. The first-order chi connectivity index (χ1) is 21.4. The number of amides is 1. The largest absolute Gasteiger partial charge is 0.459 e. The quantitative estimate of drug-likeness (QED) is 0.187. The molecule has 44 heavy (non-hydrogen) atoms. The van der Waals surface area contributed by atoms with Gasteiger partial charge in [-0.1, -0.05) is 12.1 Å². The molecular formula is C30H34N12O2. The number of para-hydroxylation sites is 1. The number of hydrogen-bond acceptors (Lipinski definition) is 11. The van der Waals surface area contributed by atoms with Gasteiger partial charge in [-0.3, -0.25) is 14.4 Å². The average Bonchev–Trinajstić information content (AvgIpc) is 3.37. The fourth-order valence-corrected chi connectivity index (χ4v) is 5.36. The molecule has 0 unspecified atom stereocenters. The first-order valence-corrected chi connectivity index (χ1v) is 14.7. The summed E-state index contributed by atoms with van der Waals surface area (Å²) in [5.74, 6) is 1.59. The molecule has 2 aliphatic rings. The molecule has 0 radical (unpaired) electrons. The number of nitrogens with zero attached hydrogens (tertiary/aromatic N) is 8. The van der Waals surface area contributed by atoms with Crippen LogP contribution in [0.1, 0.15) is 30.5 Å². The average molecular weight is 595 g/mol. The molecule has 1 amide bonds. The minimum Gasteiger partial charge on any atom is -0.459 e. The fraction of sp³-hybridized carbons (Fsp3) is 0.367. The third kappa shape index (κ3) is 6.01. The maximum atomic E-state index is 13.1. The summed E-state index contributed by atoms with van der Waals surface area (Å²) >= 11 is 0. The highest BCUT2D eigenvalue weighted by molar-refractivity contribution is 6.06. The second-order valence-corrected chi connectivity index (χ2v) is 11.4. The first kappa shape index (κ1) is 27.7. The van der Waals surface area contributed by atoms with Crippen LogP contribution < -0.4 is 20.7 Å². The van der Waals surface area contributed by atoms with Crippen molar-refractivity contribution >= 4 is 40.2 Å². The lowest BCUT2D eigenvalue weighted by Crippen LogP contribution is -2.33. The third-order valence-corrected chi connectivity index (χ3v) is 7.90. The van der Waals surface area contributed by atoms with E-state index in [0.717, 1.165) is 59.2 Å². The summed E-state index contributed by atoms with van der Waals surface area (Å²) in [6.45, 7) is 5.58. The predicted octanol–water partition coefficient (Wildman–Crippen LogP) is 3.57. The van der Waals surface area contributed by atoms with Crippen molar-refractivity contribution in [2.75, 3.05) is 35.6 Å². The molecule has 5 heterocycles. The molecule has 5 aromatic rings. The Kier molecular flexibility index (Phi) is 7.26. The number of carbonyl (C=O) groups excluding carboxylic acids is 1. The zero-order valence-electron chi connectivity index (χ0n) is 24.8. The predicted molar refractivity (Wildman–Crippen MR) is 166 cm³/mol. The molecular weight excluding hydrogens is 560 g/mol. The third-order valence-electron chi connectivity index (χ3n) is 7.90. The van der Waals surface area contributed by atoms with Crippen molar-refractivity contribution in [3.63, 3.8) is 0 Å². The molecule has 0 spiro atoms. The van der Waals surface area contributed by atoms with Crippen molar-refractivity contribution in [1.29, 1.82) is 0 Å². The molecule has 4 aromatic heterocycles. The van der Waals surface area contributed by atoms with Gasteiger partial charge >= 0.3 is 6.01 Å². The number of carbonyl (C=O) groups is 1. The molecule has 226 valence electrons. The molecule has 14 heteroatoms. The molecule has 1 aliphatic heterocycles. The van der Waals surface area contributed by atoms with Gasteiger partial charge in [-0.15, -0.1) is 0 Å². The van der Waals surface area contributed by atoms with Crippen LogP contribution in [0.5, 0.6) is 6.01 Å². The Bertz CT molecular complexity index is 1810. The van der Waals surface area contributed by atoms with E-state index in [-0.39, 0.29) is 18.6 Å². The van der Waals surface area contributed by atoms with Gasteiger partial charge in [0.15, 0.2) is 5.82 Å². The van der Waals surface area contributed by atoms with Crippen LogP contribution in [-0.2, 0) is 11.8 Å². The Morgan fingerprint density at radius 1 is 1.11 bits per heavy atom. The summed E-state index contributed by atoms with van der Waals surface area (Å²) in [5, 5.41) is 14.9. The van der Waals surface area contributed by atoms with E-state index in [1.54, 1.807) is 10.9 Å². The van der Waals surface area contributed by atoms with E-state index in [9.17, 15) is 4.79 Å². The van der Waals surface area contributed by atoms with Gasteiger partial charge in [0.2, 0.25) is 17.8 Å². The zero-order valence-corrected chi connectivity index (χ0v) is 24.8. The van der Waals surface area contributed by atoms with Crippen LogP contribution in [0, 0.1) is 13.8 Å². The van der Waals surface area contributed by atoms with Crippen LogP contribution in [0.3, 0.4) is 0 Å². The van der Waals surface area contributed by atoms with Crippen LogP contribution in [0.15, 0.2) is 43.0 Å². The minimum absolute atomic E-state index is 0.0921. The Hall–Kier alpha value is -5.11. The molecule has 2 fully saturated rings. The molecule has 1 saturated carbocycles. The van der Waals surface area contributed by atoms with Gasteiger partial charge in [0.1, 0.15) is 12.4 Å². The number of aromatic amines is 1. The van der Waals surface area contributed by atoms with Gasteiger partial charge in [0, 0.05) is 61.3 Å². The van der Waals surface area contributed by atoms with Crippen LogP contribution in [-0.4, -0.2) is 82.3 Å². The number of likely N-dealkylation sites (tertiary alicyclic amines) is 1. The molecule has 7 rings (SSSR count). The van der Waals surface area contributed by atoms with Crippen LogP contribution in [0.25, 0.3) is 22.2 Å². The number of hydrogen-bond donors (Lipinski definition) is 4. The number of ether oxygens (including phenoxy) is 1. The summed E-state index contributed by atoms with van der Waals surface area (Å²) < 4.78 is 7.80. The lowest BCUT2D eigenvalue weighted by Gasteiger charge is -2.16. The molecule has 0 bridgehead atoms. The van der Waals surface area contributed by atoms with Gasteiger partial charge in [-0.05, 0) is 44.7 Å². The second-order valence-electron chi connectivity index (χ2n) is 11.4. The van der Waals surface area contributed by atoms with Gasteiger partial charge in [-0.2, -0.15) is 15.1 Å². The summed E-state index contributed by atoms with van der Waals surface area (Å²) in [5.41, 5.74) is 5.21. The number of anilines is 4. The van der Waals surface area contributed by atoms with E-state index in [4.69, 9.17) is 9.72 Å². The number of fused-ring (bicyclic) bond motifs is 1. The fourth-order valence-electron chi connectivity index (χ4n) is 5.36. The van der Waals surface area contributed by atoms with E-state index >= 15 is 0 Å². The number of nitrogens with one attached hydrogen (secondary N) is 4. The maximum Gasteiger partial charge on any atom is 0.321 e. The summed E-state index contributed by atoms with van der Waals surface area (Å²) in [7, 11) is 1.89. The molecule has 1 aromatic carbocycles. The minimum atomic E-state index is -0.0965. The molecule has 1 atom stereocenters. The van der Waals surface area contributed by atoms with Gasteiger partial charge in [0.25, 0.3) is 0 Å². The van der Waals surface area contributed by atoms with Crippen LogP contribution in [0.4, 0.5) is 23.4 Å². The number of H-pyrrole nitrogens is 1. The van der Waals surface area contributed by atoms with E-state index in [2.05, 4.69) is 50.9 Å². The second kappa shape index (κ2) is 11.5. The highest BCUT2D eigenvalue weighted by Crippen LogP contribution is 2.33. The Labute approximate surface area is 253 Å².